The highest BCUT2D eigenvalue weighted by Crippen LogP contribution is 2.33. The number of hydrogen-bond donors (Lipinski definition) is 0. The molecule has 1 heterocycles. The Morgan fingerprint density at radius 2 is 1.96 bits per heavy atom. The van der Waals surface area contributed by atoms with Crippen molar-refractivity contribution in [2.24, 2.45) is 10.2 Å². The minimum absolute atomic E-state index is 0.664. The number of fused-ring (bicyclic) bond motifs is 1. The average molecular weight is 322 g/mol. The van der Waals surface area contributed by atoms with Crippen molar-refractivity contribution >= 4 is 44.1 Å². The van der Waals surface area contributed by atoms with Crippen molar-refractivity contribution in [1.29, 1.82) is 0 Å². The van der Waals surface area contributed by atoms with E-state index >= 15 is 0 Å². The van der Waals surface area contributed by atoms with E-state index in [1.807, 2.05) is 51.4 Å². The largest absolute Gasteiger partial charge is 0.378 e. The molecule has 0 N–H and O–H groups in total. The monoisotopic (exact) mass is 322 g/mol. The van der Waals surface area contributed by atoms with E-state index in [1.54, 1.807) is 0 Å². The normalized spacial score (nSPS) is 11.3. The molecule has 0 aliphatic carbocycles. The zero-order valence-electron chi connectivity index (χ0n) is 13.4. The Morgan fingerprint density at radius 1 is 1.17 bits per heavy atom. The van der Waals surface area contributed by atoms with Crippen molar-refractivity contribution in [3.63, 3.8) is 0 Å². The SMILES string of the molecule is C=Cc1cc(N(C)C)cc(C)c1N=Nc1nc2ccccc2s1. The van der Waals surface area contributed by atoms with Crippen molar-refractivity contribution < 1.29 is 0 Å². The van der Waals surface area contributed by atoms with Gasteiger partial charge in [0, 0.05) is 25.3 Å². The molecule has 0 spiro atoms. The topological polar surface area (TPSA) is 40.9 Å². The fraction of sp³-hybridized carbons (Fsp3) is 0.167. The minimum atomic E-state index is 0.664. The summed E-state index contributed by atoms with van der Waals surface area (Å²) < 4.78 is 1.12. The Morgan fingerprint density at radius 3 is 2.65 bits per heavy atom. The third-order valence-corrected chi connectivity index (χ3v) is 4.49. The molecule has 0 atom stereocenters. The van der Waals surface area contributed by atoms with Gasteiger partial charge in [0.25, 0.3) is 0 Å². The lowest BCUT2D eigenvalue weighted by Gasteiger charge is -2.15. The fourth-order valence-electron chi connectivity index (χ4n) is 2.33. The molecule has 0 fully saturated rings. The van der Waals surface area contributed by atoms with Crippen LogP contribution in [0.3, 0.4) is 0 Å². The molecule has 0 bridgehead atoms. The first-order chi connectivity index (χ1) is 11.1. The van der Waals surface area contributed by atoms with Gasteiger partial charge in [-0.15, -0.1) is 10.2 Å². The smallest absolute Gasteiger partial charge is 0.231 e. The van der Waals surface area contributed by atoms with E-state index in [1.165, 1.54) is 11.3 Å². The van der Waals surface area contributed by atoms with Crippen molar-refractivity contribution in [2.45, 2.75) is 6.92 Å². The number of aryl methyl sites for hydroxylation is 1. The first-order valence-corrected chi connectivity index (χ1v) is 8.12. The number of benzene rings is 2. The number of anilines is 1. The number of nitrogens with zero attached hydrogens (tertiary/aromatic N) is 4. The van der Waals surface area contributed by atoms with Gasteiger partial charge in [-0.3, -0.25) is 0 Å². The van der Waals surface area contributed by atoms with Crippen LogP contribution in [0, 0.1) is 6.92 Å². The van der Waals surface area contributed by atoms with Gasteiger partial charge in [0.1, 0.15) is 0 Å². The summed E-state index contributed by atoms with van der Waals surface area (Å²) in [6.45, 7) is 5.92. The average Bonchev–Trinajstić information content (AvgIpc) is 2.95. The zero-order valence-corrected chi connectivity index (χ0v) is 14.3. The van der Waals surface area contributed by atoms with E-state index in [9.17, 15) is 0 Å². The van der Waals surface area contributed by atoms with Crippen LogP contribution >= 0.6 is 11.3 Å². The molecule has 3 aromatic rings. The van der Waals surface area contributed by atoms with Crippen molar-refractivity contribution in [3.8, 4) is 0 Å². The number of hydrogen-bond acceptors (Lipinski definition) is 5. The highest BCUT2D eigenvalue weighted by atomic mass is 32.1. The lowest BCUT2D eigenvalue weighted by atomic mass is 10.1. The van der Waals surface area contributed by atoms with Gasteiger partial charge in [-0.2, -0.15) is 0 Å². The van der Waals surface area contributed by atoms with E-state index < -0.39 is 0 Å². The maximum absolute atomic E-state index is 4.48. The predicted molar refractivity (Wildman–Crippen MR) is 99.4 cm³/mol. The van der Waals surface area contributed by atoms with Crippen LogP contribution in [0.1, 0.15) is 11.1 Å². The van der Waals surface area contributed by atoms with Crippen LogP contribution in [-0.2, 0) is 0 Å². The van der Waals surface area contributed by atoms with Crippen LogP contribution in [0.4, 0.5) is 16.5 Å². The lowest BCUT2D eigenvalue weighted by molar-refractivity contribution is 1.12. The molecule has 4 nitrogen and oxygen atoms in total. The third-order valence-electron chi connectivity index (χ3n) is 3.57. The first kappa shape index (κ1) is 15.4. The van der Waals surface area contributed by atoms with Gasteiger partial charge >= 0.3 is 0 Å². The minimum Gasteiger partial charge on any atom is -0.378 e. The molecule has 0 aliphatic heterocycles. The van der Waals surface area contributed by atoms with Crippen LogP contribution in [0.5, 0.6) is 0 Å². The molecule has 0 saturated heterocycles. The second-order valence-electron chi connectivity index (χ2n) is 5.46. The number of para-hydroxylation sites is 1. The predicted octanol–water partition coefficient (Wildman–Crippen LogP) is 5.73. The van der Waals surface area contributed by atoms with Gasteiger partial charge in [0.05, 0.1) is 15.9 Å². The number of azo groups is 1. The van der Waals surface area contributed by atoms with Crippen LogP contribution in [0.25, 0.3) is 16.3 Å². The summed E-state index contributed by atoms with van der Waals surface area (Å²) in [5.41, 5.74) is 4.95. The lowest BCUT2D eigenvalue weighted by Crippen LogP contribution is -2.08. The van der Waals surface area contributed by atoms with E-state index in [4.69, 9.17) is 0 Å². The van der Waals surface area contributed by atoms with E-state index in [-0.39, 0.29) is 0 Å². The van der Waals surface area contributed by atoms with Crippen molar-refractivity contribution in [1.82, 2.24) is 4.98 Å². The highest BCUT2D eigenvalue weighted by molar-refractivity contribution is 7.21. The molecule has 5 heteroatoms. The van der Waals surface area contributed by atoms with Crippen molar-refractivity contribution in [3.05, 3.63) is 54.1 Å². The van der Waals surface area contributed by atoms with Gasteiger partial charge < -0.3 is 4.90 Å². The molecule has 3 rings (SSSR count). The maximum Gasteiger partial charge on any atom is 0.231 e. The summed E-state index contributed by atoms with van der Waals surface area (Å²) in [6, 6.07) is 12.2. The third kappa shape index (κ3) is 3.14. The maximum atomic E-state index is 4.48. The summed E-state index contributed by atoms with van der Waals surface area (Å²) in [5.74, 6) is 0. The van der Waals surface area contributed by atoms with E-state index in [2.05, 4.69) is 38.8 Å². The standard InChI is InChI=1S/C18H18N4S/c1-5-13-11-14(22(3)4)10-12(2)17(13)20-21-18-19-15-8-6-7-9-16(15)23-18/h5-11H,1H2,2-4H3. The molecule has 0 saturated carbocycles. The highest BCUT2D eigenvalue weighted by Gasteiger charge is 2.08. The van der Waals surface area contributed by atoms with Gasteiger partial charge in [-0.1, -0.05) is 36.1 Å². The molecular weight excluding hydrogens is 304 g/mol. The Hall–Kier alpha value is -2.53. The summed E-state index contributed by atoms with van der Waals surface area (Å²) in [7, 11) is 4.04. The Kier molecular flexibility index (Phi) is 4.21. The molecule has 1 aromatic heterocycles. The first-order valence-electron chi connectivity index (χ1n) is 7.30. The number of thiazole rings is 1. The Balaban J connectivity index is 1.99. The summed E-state index contributed by atoms with van der Waals surface area (Å²) in [6.07, 6.45) is 1.81. The van der Waals surface area contributed by atoms with E-state index in [0.29, 0.717) is 5.13 Å². The zero-order chi connectivity index (χ0) is 16.4. The molecule has 2 aromatic carbocycles. The molecule has 23 heavy (non-hydrogen) atoms. The second kappa shape index (κ2) is 6.30. The summed E-state index contributed by atoms with van der Waals surface area (Å²) >= 11 is 1.54. The van der Waals surface area contributed by atoms with Gasteiger partial charge in [-0.05, 0) is 36.8 Å². The fourth-order valence-corrected chi connectivity index (χ4v) is 3.12. The van der Waals surface area contributed by atoms with Crippen molar-refractivity contribution in [2.75, 3.05) is 19.0 Å². The number of rotatable bonds is 4. The van der Waals surface area contributed by atoms with Gasteiger partial charge in [-0.25, -0.2) is 4.98 Å². The molecule has 0 aliphatic rings. The summed E-state index contributed by atoms with van der Waals surface area (Å²) in [4.78, 5) is 6.55. The van der Waals surface area contributed by atoms with Gasteiger partial charge in [0.2, 0.25) is 5.13 Å². The Bertz CT molecular complexity index is 860. The van der Waals surface area contributed by atoms with Gasteiger partial charge in [0.15, 0.2) is 0 Å². The van der Waals surface area contributed by atoms with Crippen LogP contribution in [-0.4, -0.2) is 19.1 Å². The Labute approximate surface area is 139 Å². The number of aromatic nitrogens is 1. The summed E-state index contributed by atoms with van der Waals surface area (Å²) in [5, 5.41) is 9.42. The van der Waals surface area contributed by atoms with Crippen LogP contribution < -0.4 is 4.90 Å². The molecular formula is C18H18N4S. The molecule has 116 valence electrons. The van der Waals surface area contributed by atoms with Crippen LogP contribution in [0.15, 0.2) is 53.2 Å². The molecule has 0 unspecified atom stereocenters. The van der Waals surface area contributed by atoms with Crippen LogP contribution in [0.2, 0.25) is 0 Å². The van der Waals surface area contributed by atoms with E-state index in [0.717, 1.165) is 32.7 Å². The second-order valence-corrected chi connectivity index (χ2v) is 6.47. The molecule has 0 radical (unpaired) electrons. The molecule has 0 amide bonds. The quantitative estimate of drug-likeness (QED) is 0.576.